The first-order chi connectivity index (χ1) is 7.09. The van der Waals surface area contributed by atoms with Gasteiger partial charge in [-0.15, -0.1) is 0 Å². The third-order valence-electron chi connectivity index (χ3n) is 3.29. The maximum atomic E-state index is 11.1. The lowest BCUT2D eigenvalue weighted by atomic mass is 9.86. The van der Waals surface area contributed by atoms with E-state index in [-0.39, 0.29) is 5.41 Å². The molecule has 3 heteroatoms. The Morgan fingerprint density at radius 2 is 1.87 bits per heavy atom. The van der Waals surface area contributed by atoms with E-state index in [1.54, 1.807) is 0 Å². The highest BCUT2D eigenvalue weighted by molar-refractivity contribution is 5.59. The molecule has 1 atom stereocenters. The molecule has 1 aliphatic rings. The average Bonchev–Trinajstić information content (AvgIpc) is 2.22. The minimum Gasteiger partial charge on any atom is -0.304 e. The summed E-state index contributed by atoms with van der Waals surface area (Å²) in [5.74, 6) is 0. The van der Waals surface area contributed by atoms with Crippen molar-refractivity contribution >= 4 is 6.29 Å². The number of carbonyl (C=O) groups excluding carboxylic acids is 1. The molecule has 1 fully saturated rings. The summed E-state index contributed by atoms with van der Waals surface area (Å²) in [6.45, 7) is 9.61. The van der Waals surface area contributed by atoms with E-state index in [0.29, 0.717) is 0 Å². The Balaban J connectivity index is 2.41. The maximum Gasteiger partial charge on any atom is 0.127 e. The number of piperazine rings is 1. The van der Waals surface area contributed by atoms with E-state index < -0.39 is 0 Å². The number of likely N-dealkylation sites (N-methyl/N-ethyl adjacent to an activating group) is 1. The van der Waals surface area contributed by atoms with Gasteiger partial charge in [0.05, 0.1) is 0 Å². The van der Waals surface area contributed by atoms with Crippen LogP contribution in [0.4, 0.5) is 0 Å². The highest BCUT2D eigenvalue weighted by Crippen LogP contribution is 2.22. The van der Waals surface area contributed by atoms with Crippen LogP contribution in [-0.2, 0) is 4.79 Å². The van der Waals surface area contributed by atoms with E-state index in [1.165, 1.54) is 0 Å². The van der Waals surface area contributed by atoms with E-state index >= 15 is 0 Å². The van der Waals surface area contributed by atoms with Crippen molar-refractivity contribution in [1.29, 1.82) is 0 Å². The number of carbonyl (C=O) groups is 1. The Bertz CT molecular complexity index is 200. The van der Waals surface area contributed by atoms with E-state index in [0.717, 1.165) is 51.9 Å². The lowest BCUT2D eigenvalue weighted by Crippen LogP contribution is -2.48. The molecule has 1 unspecified atom stereocenters. The Hall–Kier alpha value is -0.410. The Morgan fingerprint density at radius 3 is 2.33 bits per heavy atom. The first-order valence-electron chi connectivity index (χ1n) is 5.97. The fraction of sp³-hybridized carbons (Fsp3) is 0.917. The minimum absolute atomic E-state index is 0.134. The van der Waals surface area contributed by atoms with Gasteiger partial charge < -0.3 is 9.69 Å². The third kappa shape index (κ3) is 3.92. The molecular weight excluding hydrogens is 188 g/mol. The van der Waals surface area contributed by atoms with Crippen LogP contribution in [0.25, 0.3) is 0 Å². The summed E-state index contributed by atoms with van der Waals surface area (Å²) in [7, 11) is 2.16. The van der Waals surface area contributed by atoms with Gasteiger partial charge in [0.1, 0.15) is 6.29 Å². The zero-order chi connectivity index (χ0) is 11.3. The van der Waals surface area contributed by atoms with Crippen LogP contribution >= 0.6 is 0 Å². The number of rotatable bonds is 5. The van der Waals surface area contributed by atoms with E-state index in [2.05, 4.69) is 30.7 Å². The van der Waals surface area contributed by atoms with Gasteiger partial charge in [0.25, 0.3) is 0 Å². The van der Waals surface area contributed by atoms with Crippen molar-refractivity contribution in [3.63, 3.8) is 0 Å². The lowest BCUT2D eigenvalue weighted by molar-refractivity contribution is -0.117. The van der Waals surface area contributed by atoms with Crippen LogP contribution in [0, 0.1) is 5.41 Å². The fourth-order valence-electron chi connectivity index (χ4n) is 2.26. The molecular formula is C12H24N2O. The van der Waals surface area contributed by atoms with Gasteiger partial charge in [0.2, 0.25) is 0 Å². The van der Waals surface area contributed by atoms with Crippen LogP contribution in [0.3, 0.4) is 0 Å². The SMILES string of the molecule is CCCC(C)(C=O)CN1CCN(C)CC1. The van der Waals surface area contributed by atoms with Gasteiger partial charge in [0, 0.05) is 38.1 Å². The molecule has 88 valence electrons. The monoisotopic (exact) mass is 212 g/mol. The molecule has 0 saturated carbocycles. The molecule has 1 saturated heterocycles. The third-order valence-corrected chi connectivity index (χ3v) is 3.29. The summed E-state index contributed by atoms with van der Waals surface area (Å²) in [5.41, 5.74) is -0.134. The quantitative estimate of drug-likeness (QED) is 0.641. The zero-order valence-corrected chi connectivity index (χ0v) is 10.3. The Morgan fingerprint density at radius 1 is 1.27 bits per heavy atom. The van der Waals surface area contributed by atoms with Crippen LogP contribution in [0.15, 0.2) is 0 Å². The molecule has 0 amide bonds. The zero-order valence-electron chi connectivity index (χ0n) is 10.3. The Kier molecular flexibility index (Phi) is 4.74. The van der Waals surface area contributed by atoms with Gasteiger partial charge in [-0.1, -0.05) is 20.3 Å². The van der Waals surface area contributed by atoms with Crippen molar-refractivity contribution in [2.45, 2.75) is 26.7 Å². The smallest absolute Gasteiger partial charge is 0.127 e. The van der Waals surface area contributed by atoms with Crippen molar-refractivity contribution in [2.75, 3.05) is 39.8 Å². The summed E-state index contributed by atoms with van der Waals surface area (Å²) in [6.07, 6.45) is 3.24. The lowest BCUT2D eigenvalue weighted by Gasteiger charge is -2.37. The first-order valence-corrected chi connectivity index (χ1v) is 5.97. The molecule has 0 radical (unpaired) electrons. The molecule has 0 aromatic heterocycles. The average molecular weight is 212 g/mol. The van der Waals surface area contributed by atoms with Crippen LogP contribution in [0.1, 0.15) is 26.7 Å². The van der Waals surface area contributed by atoms with Gasteiger partial charge >= 0.3 is 0 Å². The first kappa shape index (κ1) is 12.7. The summed E-state index contributed by atoms with van der Waals surface area (Å²) in [4.78, 5) is 15.9. The molecule has 1 rings (SSSR count). The molecule has 1 heterocycles. The summed E-state index contributed by atoms with van der Waals surface area (Å²) < 4.78 is 0. The molecule has 0 N–H and O–H groups in total. The molecule has 0 aromatic carbocycles. The number of nitrogens with zero attached hydrogens (tertiary/aromatic N) is 2. The second-order valence-corrected chi connectivity index (χ2v) is 5.10. The van der Waals surface area contributed by atoms with Crippen molar-refractivity contribution < 1.29 is 4.79 Å². The van der Waals surface area contributed by atoms with E-state index in [9.17, 15) is 4.79 Å². The molecule has 15 heavy (non-hydrogen) atoms. The van der Waals surface area contributed by atoms with Crippen LogP contribution < -0.4 is 0 Å². The predicted octanol–water partition coefficient (Wildman–Crippen LogP) is 1.24. The minimum atomic E-state index is -0.134. The van der Waals surface area contributed by atoms with Crippen LogP contribution in [-0.4, -0.2) is 55.9 Å². The van der Waals surface area contributed by atoms with Crippen LogP contribution in [0.2, 0.25) is 0 Å². The maximum absolute atomic E-state index is 11.1. The van der Waals surface area contributed by atoms with Crippen molar-refractivity contribution in [1.82, 2.24) is 9.80 Å². The van der Waals surface area contributed by atoms with Crippen LogP contribution in [0.5, 0.6) is 0 Å². The predicted molar refractivity (Wildman–Crippen MR) is 63.0 cm³/mol. The van der Waals surface area contributed by atoms with E-state index in [4.69, 9.17) is 0 Å². The van der Waals surface area contributed by atoms with Gasteiger partial charge in [-0.25, -0.2) is 0 Å². The molecule has 0 aromatic rings. The topological polar surface area (TPSA) is 23.6 Å². The molecule has 3 nitrogen and oxygen atoms in total. The van der Waals surface area contributed by atoms with Gasteiger partial charge in [-0.05, 0) is 13.5 Å². The van der Waals surface area contributed by atoms with Crippen molar-refractivity contribution in [3.8, 4) is 0 Å². The normalized spacial score (nSPS) is 23.7. The van der Waals surface area contributed by atoms with Gasteiger partial charge in [-0.3, -0.25) is 4.90 Å². The fourth-order valence-corrected chi connectivity index (χ4v) is 2.26. The second-order valence-electron chi connectivity index (χ2n) is 5.10. The number of aldehydes is 1. The highest BCUT2D eigenvalue weighted by Gasteiger charge is 2.27. The Labute approximate surface area is 93.4 Å². The molecule has 1 aliphatic heterocycles. The largest absolute Gasteiger partial charge is 0.304 e. The molecule has 0 bridgehead atoms. The van der Waals surface area contributed by atoms with Gasteiger partial charge in [-0.2, -0.15) is 0 Å². The number of hydrogen-bond acceptors (Lipinski definition) is 3. The second kappa shape index (κ2) is 5.61. The summed E-state index contributed by atoms with van der Waals surface area (Å²) in [5, 5.41) is 0. The summed E-state index contributed by atoms with van der Waals surface area (Å²) in [6, 6.07) is 0. The molecule has 0 aliphatic carbocycles. The summed E-state index contributed by atoms with van der Waals surface area (Å²) >= 11 is 0. The standard InChI is InChI=1S/C12H24N2O/c1-4-5-12(2,11-15)10-14-8-6-13(3)7-9-14/h11H,4-10H2,1-3H3. The molecule has 0 spiro atoms. The van der Waals surface area contributed by atoms with Gasteiger partial charge in [0.15, 0.2) is 0 Å². The van der Waals surface area contributed by atoms with Crippen molar-refractivity contribution in [3.05, 3.63) is 0 Å². The van der Waals surface area contributed by atoms with Crippen molar-refractivity contribution in [2.24, 2.45) is 5.41 Å². The highest BCUT2D eigenvalue weighted by atomic mass is 16.1. The van der Waals surface area contributed by atoms with E-state index in [1.807, 2.05) is 0 Å². The number of hydrogen-bond donors (Lipinski definition) is 0.